The summed E-state index contributed by atoms with van der Waals surface area (Å²) in [5, 5.41) is 9.44. The van der Waals surface area contributed by atoms with E-state index in [2.05, 4.69) is 4.74 Å². The minimum atomic E-state index is -1.55. The van der Waals surface area contributed by atoms with Gasteiger partial charge in [-0.1, -0.05) is 12.1 Å². The van der Waals surface area contributed by atoms with Crippen molar-refractivity contribution < 1.29 is 19.0 Å². The number of aliphatic hydroxyl groups is 1. The molecular formula is C10H11FO3. The molecule has 0 spiro atoms. The van der Waals surface area contributed by atoms with Crippen molar-refractivity contribution in [1.29, 1.82) is 0 Å². The maximum Gasteiger partial charge on any atom is 0.339 e. The zero-order valence-corrected chi connectivity index (χ0v) is 7.95. The number of esters is 1. The van der Waals surface area contributed by atoms with Crippen molar-refractivity contribution in [2.45, 2.75) is 13.0 Å². The van der Waals surface area contributed by atoms with E-state index in [1.54, 1.807) is 13.0 Å². The van der Waals surface area contributed by atoms with Crippen LogP contribution in [0.4, 0.5) is 4.39 Å². The summed E-state index contributed by atoms with van der Waals surface area (Å²) in [6.07, 6.45) is -1.55. The van der Waals surface area contributed by atoms with Crippen molar-refractivity contribution in [2.24, 2.45) is 0 Å². The van der Waals surface area contributed by atoms with Crippen LogP contribution in [0.25, 0.3) is 0 Å². The van der Waals surface area contributed by atoms with Gasteiger partial charge in [-0.05, 0) is 18.6 Å². The standard InChI is InChI=1S/C10H11FO3/c1-6-4-3-5-7(11)8(6)9(12)10(13)14-2/h3-5,9,12H,1-2H3. The highest BCUT2D eigenvalue weighted by molar-refractivity contribution is 5.76. The first-order valence-corrected chi connectivity index (χ1v) is 4.09. The molecule has 0 saturated carbocycles. The molecule has 1 unspecified atom stereocenters. The van der Waals surface area contributed by atoms with Crippen LogP contribution in [0, 0.1) is 12.7 Å². The Bertz CT molecular complexity index is 329. The van der Waals surface area contributed by atoms with E-state index in [0.29, 0.717) is 5.56 Å². The lowest BCUT2D eigenvalue weighted by atomic mass is 10.0. The molecule has 1 rings (SSSR count). The van der Waals surface area contributed by atoms with Crippen molar-refractivity contribution in [3.05, 3.63) is 35.1 Å². The van der Waals surface area contributed by atoms with Crippen LogP contribution in [0.3, 0.4) is 0 Å². The molecule has 0 saturated heterocycles. The lowest BCUT2D eigenvalue weighted by Gasteiger charge is -2.11. The number of halogens is 1. The van der Waals surface area contributed by atoms with Crippen LogP contribution in [-0.4, -0.2) is 18.2 Å². The van der Waals surface area contributed by atoms with E-state index in [9.17, 15) is 14.3 Å². The Labute approximate surface area is 81.1 Å². The zero-order chi connectivity index (χ0) is 10.7. The average molecular weight is 198 g/mol. The van der Waals surface area contributed by atoms with Gasteiger partial charge in [-0.15, -0.1) is 0 Å². The van der Waals surface area contributed by atoms with Gasteiger partial charge in [-0.3, -0.25) is 0 Å². The van der Waals surface area contributed by atoms with Gasteiger partial charge < -0.3 is 9.84 Å². The van der Waals surface area contributed by atoms with E-state index in [1.807, 2.05) is 0 Å². The first-order chi connectivity index (χ1) is 6.57. The van der Waals surface area contributed by atoms with Gasteiger partial charge >= 0.3 is 5.97 Å². The molecular weight excluding hydrogens is 187 g/mol. The summed E-state index contributed by atoms with van der Waals surface area (Å²) in [6, 6.07) is 4.32. The van der Waals surface area contributed by atoms with Crippen LogP contribution in [0.15, 0.2) is 18.2 Å². The number of benzene rings is 1. The number of hydrogen-bond donors (Lipinski definition) is 1. The number of aliphatic hydroxyl groups excluding tert-OH is 1. The number of hydrogen-bond acceptors (Lipinski definition) is 3. The molecule has 1 atom stereocenters. The Hall–Kier alpha value is -1.42. The van der Waals surface area contributed by atoms with Gasteiger partial charge in [0.15, 0.2) is 6.10 Å². The van der Waals surface area contributed by atoms with Gasteiger partial charge in [0.1, 0.15) is 5.82 Å². The Kier molecular flexibility index (Phi) is 3.19. The highest BCUT2D eigenvalue weighted by Gasteiger charge is 2.22. The van der Waals surface area contributed by atoms with Crippen molar-refractivity contribution in [2.75, 3.05) is 7.11 Å². The fourth-order valence-corrected chi connectivity index (χ4v) is 1.22. The normalized spacial score (nSPS) is 12.3. The van der Waals surface area contributed by atoms with Crippen LogP contribution in [0.5, 0.6) is 0 Å². The highest BCUT2D eigenvalue weighted by atomic mass is 19.1. The molecule has 3 nitrogen and oxygen atoms in total. The summed E-state index contributed by atoms with van der Waals surface area (Å²) in [5.74, 6) is -1.47. The predicted molar refractivity (Wildman–Crippen MR) is 48.1 cm³/mol. The summed E-state index contributed by atoms with van der Waals surface area (Å²) < 4.78 is 17.6. The van der Waals surface area contributed by atoms with E-state index in [0.717, 1.165) is 7.11 Å². The topological polar surface area (TPSA) is 46.5 Å². The van der Waals surface area contributed by atoms with Crippen LogP contribution in [0.2, 0.25) is 0 Å². The second kappa shape index (κ2) is 4.19. The highest BCUT2D eigenvalue weighted by Crippen LogP contribution is 2.21. The molecule has 0 radical (unpaired) electrons. The molecule has 0 aliphatic rings. The summed E-state index contributed by atoms with van der Waals surface area (Å²) in [4.78, 5) is 11.0. The van der Waals surface area contributed by atoms with Crippen molar-refractivity contribution in [3.8, 4) is 0 Å². The van der Waals surface area contributed by atoms with E-state index < -0.39 is 17.9 Å². The average Bonchev–Trinajstić information content (AvgIpc) is 2.16. The number of ether oxygens (including phenoxy) is 1. The number of aryl methyl sites for hydroxylation is 1. The largest absolute Gasteiger partial charge is 0.467 e. The summed E-state index contributed by atoms with van der Waals surface area (Å²) >= 11 is 0. The summed E-state index contributed by atoms with van der Waals surface area (Å²) in [6.45, 7) is 1.62. The quantitative estimate of drug-likeness (QED) is 0.729. The van der Waals surface area contributed by atoms with E-state index in [-0.39, 0.29) is 5.56 Å². The van der Waals surface area contributed by atoms with Crippen LogP contribution in [-0.2, 0) is 9.53 Å². The van der Waals surface area contributed by atoms with E-state index in [4.69, 9.17) is 0 Å². The Morgan fingerprint density at radius 1 is 1.57 bits per heavy atom. The molecule has 1 aromatic rings. The third-order valence-electron chi connectivity index (χ3n) is 1.97. The van der Waals surface area contributed by atoms with Gasteiger partial charge in [0.05, 0.1) is 7.11 Å². The molecule has 0 fully saturated rings. The maximum atomic E-state index is 13.2. The number of carbonyl (C=O) groups is 1. The molecule has 0 aromatic heterocycles. The van der Waals surface area contributed by atoms with Crippen molar-refractivity contribution in [1.82, 2.24) is 0 Å². The molecule has 0 heterocycles. The smallest absolute Gasteiger partial charge is 0.339 e. The van der Waals surface area contributed by atoms with Gasteiger partial charge in [0.25, 0.3) is 0 Å². The SMILES string of the molecule is COC(=O)C(O)c1c(C)cccc1F. The van der Waals surface area contributed by atoms with E-state index >= 15 is 0 Å². The minimum Gasteiger partial charge on any atom is -0.467 e. The second-order valence-electron chi connectivity index (χ2n) is 2.90. The van der Waals surface area contributed by atoms with Crippen molar-refractivity contribution in [3.63, 3.8) is 0 Å². The fourth-order valence-electron chi connectivity index (χ4n) is 1.22. The van der Waals surface area contributed by atoms with Crippen molar-refractivity contribution >= 4 is 5.97 Å². The Morgan fingerprint density at radius 2 is 2.21 bits per heavy atom. The van der Waals surface area contributed by atoms with Gasteiger partial charge in [-0.25, -0.2) is 9.18 Å². The lowest BCUT2D eigenvalue weighted by molar-refractivity contribution is -0.150. The lowest BCUT2D eigenvalue weighted by Crippen LogP contribution is -2.16. The molecule has 0 aliphatic carbocycles. The van der Waals surface area contributed by atoms with Gasteiger partial charge in [0.2, 0.25) is 0 Å². The molecule has 0 amide bonds. The first kappa shape index (κ1) is 10.7. The van der Waals surface area contributed by atoms with Crippen LogP contribution in [0.1, 0.15) is 17.2 Å². The van der Waals surface area contributed by atoms with Crippen LogP contribution >= 0.6 is 0 Å². The van der Waals surface area contributed by atoms with E-state index in [1.165, 1.54) is 12.1 Å². The molecule has 0 bridgehead atoms. The summed E-state index contributed by atoms with van der Waals surface area (Å²) in [7, 11) is 1.14. The minimum absolute atomic E-state index is 0.0284. The molecule has 4 heteroatoms. The zero-order valence-electron chi connectivity index (χ0n) is 7.95. The number of rotatable bonds is 2. The molecule has 1 N–H and O–H groups in total. The summed E-state index contributed by atoms with van der Waals surface area (Å²) in [5.41, 5.74) is 0.488. The second-order valence-corrected chi connectivity index (χ2v) is 2.90. The Morgan fingerprint density at radius 3 is 2.71 bits per heavy atom. The fraction of sp³-hybridized carbons (Fsp3) is 0.300. The maximum absolute atomic E-state index is 13.2. The van der Waals surface area contributed by atoms with Gasteiger partial charge in [0, 0.05) is 5.56 Å². The van der Waals surface area contributed by atoms with Gasteiger partial charge in [-0.2, -0.15) is 0 Å². The third kappa shape index (κ3) is 1.90. The molecule has 0 aliphatic heterocycles. The monoisotopic (exact) mass is 198 g/mol. The number of methoxy groups -OCH3 is 1. The number of carbonyl (C=O) groups excluding carboxylic acids is 1. The molecule has 14 heavy (non-hydrogen) atoms. The third-order valence-corrected chi connectivity index (χ3v) is 1.97. The molecule has 1 aromatic carbocycles. The molecule has 76 valence electrons. The van der Waals surface area contributed by atoms with Crippen LogP contribution < -0.4 is 0 Å². The predicted octanol–water partition coefficient (Wildman–Crippen LogP) is 1.34. The Balaban J connectivity index is 3.11. The first-order valence-electron chi connectivity index (χ1n) is 4.09.